The standard InChI is InChI=1S/C12H13N3S/c1-9-4-3-5-11(6-9)7-13-15-12-14-10(2)8-16-12/h3-8H,1-2H3,(H,14,15)/b13-7+. The van der Waals surface area contributed by atoms with Crippen molar-refractivity contribution in [2.24, 2.45) is 5.10 Å². The fraction of sp³-hybridized carbons (Fsp3) is 0.167. The van der Waals surface area contributed by atoms with Crippen LogP contribution in [0.25, 0.3) is 0 Å². The number of aromatic nitrogens is 1. The smallest absolute Gasteiger partial charge is 0.203 e. The van der Waals surface area contributed by atoms with Gasteiger partial charge in [0.05, 0.1) is 11.9 Å². The van der Waals surface area contributed by atoms with Crippen molar-refractivity contribution in [1.29, 1.82) is 0 Å². The molecule has 1 aromatic carbocycles. The Morgan fingerprint density at radius 1 is 1.38 bits per heavy atom. The predicted octanol–water partition coefficient (Wildman–Crippen LogP) is 3.21. The Balaban J connectivity index is 2.00. The van der Waals surface area contributed by atoms with Crippen molar-refractivity contribution in [1.82, 2.24) is 4.98 Å². The molecule has 1 N–H and O–H groups in total. The summed E-state index contributed by atoms with van der Waals surface area (Å²) in [4.78, 5) is 4.25. The minimum atomic E-state index is 0.821. The third-order valence-electron chi connectivity index (χ3n) is 2.03. The van der Waals surface area contributed by atoms with Crippen LogP contribution in [0.2, 0.25) is 0 Å². The molecule has 0 bridgehead atoms. The van der Waals surface area contributed by atoms with E-state index in [0.717, 1.165) is 16.4 Å². The van der Waals surface area contributed by atoms with Crippen molar-refractivity contribution in [3.63, 3.8) is 0 Å². The highest BCUT2D eigenvalue weighted by atomic mass is 32.1. The number of nitrogens with one attached hydrogen (secondary N) is 1. The van der Waals surface area contributed by atoms with Gasteiger partial charge >= 0.3 is 0 Å². The van der Waals surface area contributed by atoms with E-state index in [0.29, 0.717) is 0 Å². The van der Waals surface area contributed by atoms with E-state index in [1.54, 1.807) is 17.6 Å². The Kier molecular flexibility index (Phi) is 3.31. The molecule has 0 radical (unpaired) electrons. The maximum atomic E-state index is 4.25. The number of hydrogen-bond acceptors (Lipinski definition) is 4. The molecule has 1 heterocycles. The van der Waals surface area contributed by atoms with Gasteiger partial charge in [-0.3, -0.25) is 5.43 Å². The molecule has 0 fully saturated rings. The summed E-state index contributed by atoms with van der Waals surface area (Å²) in [6, 6.07) is 8.18. The number of aryl methyl sites for hydroxylation is 2. The monoisotopic (exact) mass is 231 g/mol. The first-order chi connectivity index (χ1) is 7.74. The van der Waals surface area contributed by atoms with Gasteiger partial charge in [-0.2, -0.15) is 5.10 Å². The highest BCUT2D eigenvalue weighted by Crippen LogP contribution is 2.13. The molecule has 0 aliphatic heterocycles. The minimum absolute atomic E-state index is 0.821. The van der Waals surface area contributed by atoms with Gasteiger partial charge in [0.2, 0.25) is 5.13 Å². The molecule has 2 aromatic rings. The van der Waals surface area contributed by atoms with E-state index in [-0.39, 0.29) is 0 Å². The van der Waals surface area contributed by atoms with Crippen molar-refractivity contribution >= 4 is 22.7 Å². The molecule has 0 aliphatic carbocycles. The van der Waals surface area contributed by atoms with Crippen LogP contribution in [0.1, 0.15) is 16.8 Å². The molecule has 0 aliphatic rings. The van der Waals surface area contributed by atoms with Crippen LogP contribution in [0, 0.1) is 13.8 Å². The maximum Gasteiger partial charge on any atom is 0.203 e. The fourth-order valence-electron chi connectivity index (χ4n) is 1.32. The topological polar surface area (TPSA) is 37.3 Å². The number of hydrazone groups is 1. The van der Waals surface area contributed by atoms with Gasteiger partial charge in [-0.15, -0.1) is 11.3 Å². The Morgan fingerprint density at radius 3 is 2.94 bits per heavy atom. The van der Waals surface area contributed by atoms with E-state index in [2.05, 4.69) is 34.6 Å². The number of hydrogen-bond donors (Lipinski definition) is 1. The maximum absolute atomic E-state index is 4.25. The molecule has 0 spiro atoms. The lowest BCUT2D eigenvalue weighted by molar-refractivity contribution is 1.22. The van der Waals surface area contributed by atoms with Gasteiger partial charge in [-0.25, -0.2) is 4.98 Å². The highest BCUT2D eigenvalue weighted by Gasteiger charge is 1.94. The number of anilines is 1. The number of nitrogens with zero attached hydrogens (tertiary/aromatic N) is 2. The molecular weight excluding hydrogens is 218 g/mol. The van der Waals surface area contributed by atoms with Gasteiger partial charge in [0.15, 0.2) is 0 Å². The van der Waals surface area contributed by atoms with Crippen molar-refractivity contribution in [2.45, 2.75) is 13.8 Å². The van der Waals surface area contributed by atoms with Crippen LogP contribution in [-0.4, -0.2) is 11.2 Å². The number of benzene rings is 1. The average Bonchev–Trinajstić information content (AvgIpc) is 2.64. The van der Waals surface area contributed by atoms with Crippen molar-refractivity contribution in [3.05, 3.63) is 46.5 Å². The lowest BCUT2D eigenvalue weighted by atomic mass is 10.2. The predicted molar refractivity (Wildman–Crippen MR) is 69.2 cm³/mol. The molecular formula is C12H13N3S. The van der Waals surface area contributed by atoms with Crippen molar-refractivity contribution < 1.29 is 0 Å². The zero-order valence-electron chi connectivity index (χ0n) is 9.27. The van der Waals surface area contributed by atoms with E-state index in [1.165, 1.54) is 5.56 Å². The molecule has 16 heavy (non-hydrogen) atoms. The second-order valence-electron chi connectivity index (χ2n) is 3.58. The summed E-state index contributed by atoms with van der Waals surface area (Å²) < 4.78 is 0. The third kappa shape index (κ3) is 2.90. The molecule has 0 unspecified atom stereocenters. The van der Waals surface area contributed by atoms with Crippen LogP contribution < -0.4 is 5.43 Å². The fourth-order valence-corrected chi connectivity index (χ4v) is 1.95. The first kappa shape index (κ1) is 10.8. The zero-order valence-corrected chi connectivity index (χ0v) is 10.1. The molecule has 1 aromatic heterocycles. The van der Waals surface area contributed by atoms with Crippen LogP contribution in [0.15, 0.2) is 34.7 Å². The molecule has 2 rings (SSSR count). The van der Waals surface area contributed by atoms with Gasteiger partial charge < -0.3 is 0 Å². The van der Waals surface area contributed by atoms with Gasteiger partial charge in [0.25, 0.3) is 0 Å². The van der Waals surface area contributed by atoms with Gasteiger partial charge in [0.1, 0.15) is 0 Å². The molecule has 0 amide bonds. The Hall–Kier alpha value is -1.68. The average molecular weight is 231 g/mol. The van der Waals surface area contributed by atoms with E-state index >= 15 is 0 Å². The van der Waals surface area contributed by atoms with E-state index in [4.69, 9.17) is 0 Å². The quantitative estimate of drug-likeness (QED) is 0.650. The number of thiazole rings is 1. The van der Waals surface area contributed by atoms with Crippen LogP contribution in [0.5, 0.6) is 0 Å². The normalized spacial score (nSPS) is 10.9. The van der Waals surface area contributed by atoms with Crippen LogP contribution in [0.3, 0.4) is 0 Å². The Labute approximate surface area is 98.9 Å². The highest BCUT2D eigenvalue weighted by molar-refractivity contribution is 7.13. The molecule has 0 atom stereocenters. The minimum Gasteiger partial charge on any atom is -0.253 e. The Bertz CT molecular complexity index is 502. The number of rotatable bonds is 3. The summed E-state index contributed by atoms with van der Waals surface area (Å²) in [5.41, 5.74) is 6.24. The summed E-state index contributed by atoms with van der Waals surface area (Å²) in [6.07, 6.45) is 1.80. The largest absolute Gasteiger partial charge is 0.253 e. The van der Waals surface area contributed by atoms with E-state index < -0.39 is 0 Å². The summed E-state index contributed by atoms with van der Waals surface area (Å²) >= 11 is 1.55. The lowest BCUT2D eigenvalue weighted by Crippen LogP contribution is -1.90. The van der Waals surface area contributed by atoms with Gasteiger partial charge in [-0.1, -0.05) is 29.8 Å². The third-order valence-corrected chi connectivity index (χ3v) is 2.90. The molecule has 4 heteroatoms. The first-order valence-corrected chi connectivity index (χ1v) is 5.90. The SMILES string of the molecule is Cc1cccc(/C=N/Nc2nc(C)cs2)c1. The first-order valence-electron chi connectivity index (χ1n) is 5.02. The van der Waals surface area contributed by atoms with E-state index in [1.807, 2.05) is 24.4 Å². The van der Waals surface area contributed by atoms with Crippen LogP contribution in [-0.2, 0) is 0 Å². The summed E-state index contributed by atoms with van der Waals surface area (Å²) in [5.74, 6) is 0. The lowest BCUT2D eigenvalue weighted by Gasteiger charge is -1.95. The van der Waals surface area contributed by atoms with Crippen molar-refractivity contribution in [3.8, 4) is 0 Å². The van der Waals surface area contributed by atoms with Crippen molar-refractivity contribution in [2.75, 3.05) is 5.43 Å². The second kappa shape index (κ2) is 4.90. The van der Waals surface area contributed by atoms with Gasteiger partial charge in [-0.05, 0) is 19.4 Å². The van der Waals surface area contributed by atoms with Crippen LogP contribution >= 0.6 is 11.3 Å². The summed E-state index contributed by atoms with van der Waals surface area (Å²) in [5, 5.41) is 6.95. The van der Waals surface area contributed by atoms with Gasteiger partial charge in [0, 0.05) is 5.38 Å². The zero-order chi connectivity index (χ0) is 11.4. The second-order valence-corrected chi connectivity index (χ2v) is 4.44. The molecule has 3 nitrogen and oxygen atoms in total. The summed E-state index contributed by atoms with van der Waals surface area (Å²) in [7, 11) is 0. The molecule has 0 saturated heterocycles. The Morgan fingerprint density at radius 2 is 2.25 bits per heavy atom. The van der Waals surface area contributed by atoms with Crippen LogP contribution in [0.4, 0.5) is 5.13 Å². The van der Waals surface area contributed by atoms with E-state index in [9.17, 15) is 0 Å². The summed E-state index contributed by atoms with van der Waals surface area (Å²) in [6.45, 7) is 4.03. The molecule has 82 valence electrons. The molecule has 0 saturated carbocycles.